The zero-order chi connectivity index (χ0) is 8.81. The van der Waals surface area contributed by atoms with E-state index in [1.54, 1.807) is 6.07 Å². The van der Waals surface area contributed by atoms with E-state index >= 15 is 0 Å². The van der Waals surface area contributed by atoms with Crippen molar-refractivity contribution in [3.8, 4) is 0 Å². The summed E-state index contributed by atoms with van der Waals surface area (Å²) >= 11 is 0. The fourth-order valence-corrected chi connectivity index (χ4v) is 1.16. The Labute approximate surface area is 72.4 Å². The Morgan fingerprint density at radius 1 is 1.17 bits per heavy atom. The van der Waals surface area contributed by atoms with Crippen molar-refractivity contribution in [2.75, 3.05) is 6.54 Å². The van der Waals surface area contributed by atoms with Crippen molar-refractivity contribution < 1.29 is 4.39 Å². The molecule has 0 aliphatic carbocycles. The Bertz CT molecular complexity index is 235. The molecule has 0 saturated heterocycles. The van der Waals surface area contributed by atoms with Crippen molar-refractivity contribution in [1.82, 2.24) is 0 Å². The van der Waals surface area contributed by atoms with Gasteiger partial charge in [0.05, 0.1) is 0 Å². The van der Waals surface area contributed by atoms with Crippen LogP contribution in [0.15, 0.2) is 24.3 Å². The molecule has 0 spiro atoms. The molecule has 2 heteroatoms. The van der Waals surface area contributed by atoms with Gasteiger partial charge >= 0.3 is 0 Å². The van der Waals surface area contributed by atoms with Gasteiger partial charge in [0.1, 0.15) is 5.82 Å². The molecule has 0 bridgehead atoms. The molecule has 1 nitrogen and oxygen atoms in total. The van der Waals surface area contributed by atoms with Crippen molar-refractivity contribution in [3.63, 3.8) is 0 Å². The second kappa shape index (κ2) is 4.88. The second-order valence-corrected chi connectivity index (χ2v) is 2.84. The Morgan fingerprint density at radius 3 is 2.58 bits per heavy atom. The van der Waals surface area contributed by atoms with Gasteiger partial charge in [0.25, 0.3) is 0 Å². The first-order valence-corrected chi connectivity index (χ1v) is 4.28. The summed E-state index contributed by atoms with van der Waals surface area (Å²) in [6.07, 6.45) is 2.73. The summed E-state index contributed by atoms with van der Waals surface area (Å²) in [4.78, 5) is 0. The van der Waals surface area contributed by atoms with E-state index in [-0.39, 0.29) is 5.82 Å². The molecule has 0 aromatic heterocycles. The number of rotatable bonds is 4. The van der Waals surface area contributed by atoms with Gasteiger partial charge in [-0.15, -0.1) is 0 Å². The summed E-state index contributed by atoms with van der Waals surface area (Å²) in [5.74, 6) is -0.102. The number of nitrogens with two attached hydrogens (primary N) is 1. The number of hydrogen-bond donors (Lipinski definition) is 1. The normalized spacial score (nSPS) is 10.2. The van der Waals surface area contributed by atoms with Crippen LogP contribution in [0.2, 0.25) is 0 Å². The molecule has 0 fully saturated rings. The minimum absolute atomic E-state index is 0.102. The van der Waals surface area contributed by atoms with Crippen LogP contribution in [0.1, 0.15) is 18.4 Å². The van der Waals surface area contributed by atoms with Gasteiger partial charge in [0, 0.05) is 0 Å². The number of aryl methyl sites for hydroxylation is 1. The Kier molecular flexibility index (Phi) is 3.74. The molecular formula is C10H14FN. The van der Waals surface area contributed by atoms with Gasteiger partial charge < -0.3 is 5.73 Å². The molecule has 2 N–H and O–H groups in total. The Hall–Kier alpha value is -0.890. The number of unbranched alkanes of at least 4 members (excludes halogenated alkanes) is 1. The fourth-order valence-electron chi connectivity index (χ4n) is 1.16. The smallest absolute Gasteiger partial charge is 0.126 e. The second-order valence-electron chi connectivity index (χ2n) is 2.84. The third kappa shape index (κ3) is 2.62. The highest BCUT2D eigenvalue weighted by Crippen LogP contribution is 2.09. The average Bonchev–Trinajstić information content (AvgIpc) is 2.09. The first-order valence-electron chi connectivity index (χ1n) is 4.28. The van der Waals surface area contributed by atoms with Crippen LogP contribution >= 0.6 is 0 Å². The highest BCUT2D eigenvalue weighted by atomic mass is 19.1. The largest absolute Gasteiger partial charge is 0.330 e. The van der Waals surface area contributed by atoms with Gasteiger partial charge in [-0.1, -0.05) is 18.2 Å². The first-order chi connectivity index (χ1) is 5.84. The Morgan fingerprint density at radius 2 is 1.92 bits per heavy atom. The highest BCUT2D eigenvalue weighted by Gasteiger charge is 1.98. The maximum absolute atomic E-state index is 13.0. The van der Waals surface area contributed by atoms with Crippen molar-refractivity contribution in [2.45, 2.75) is 19.3 Å². The quantitative estimate of drug-likeness (QED) is 0.683. The molecule has 1 rings (SSSR count). The van der Waals surface area contributed by atoms with Crippen LogP contribution in [0.4, 0.5) is 4.39 Å². The molecule has 0 aliphatic heterocycles. The topological polar surface area (TPSA) is 26.0 Å². The lowest BCUT2D eigenvalue weighted by Gasteiger charge is -2.00. The van der Waals surface area contributed by atoms with Crippen LogP contribution in [0.5, 0.6) is 0 Å². The standard InChI is InChI=1S/C10H14FN/c11-10-7-2-1-5-9(10)6-3-4-8-12/h1-2,5,7H,3-4,6,8,12H2. The van der Waals surface area contributed by atoms with Crippen molar-refractivity contribution in [2.24, 2.45) is 5.73 Å². The SMILES string of the molecule is NCCCCc1ccccc1F. The van der Waals surface area contributed by atoms with E-state index in [0.29, 0.717) is 6.54 Å². The van der Waals surface area contributed by atoms with E-state index in [0.717, 1.165) is 24.8 Å². The van der Waals surface area contributed by atoms with Gasteiger partial charge in [-0.05, 0) is 37.4 Å². The first kappa shape index (κ1) is 9.20. The number of benzene rings is 1. The molecule has 0 heterocycles. The van der Waals surface area contributed by atoms with Crippen LogP contribution in [-0.2, 0) is 6.42 Å². The highest BCUT2D eigenvalue weighted by molar-refractivity contribution is 5.17. The van der Waals surface area contributed by atoms with E-state index < -0.39 is 0 Å². The molecule has 66 valence electrons. The molecule has 0 aliphatic rings. The van der Waals surface area contributed by atoms with Crippen LogP contribution in [-0.4, -0.2) is 6.54 Å². The van der Waals surface area contributed by atoms with Crippen LogP contribution in [0, 0.1) is 5.82 Å². The number of halogens is 1. The van der Waals surface area contributed by atoms with Crippen molar-refractivity contribution >= 4 is 0 Å². The summed E-state index contributed by atoms with van der Waals surface area (Å²) < 4.78 is 13.0. The van der Waals surface area contributed by atoms with E-state index in [9.17, 15) is 4.39 Å². The molecule has 12 heavy (non-hydrogen) atoms. The minimum Gasteiger partial charge on any atom is -0.330 e. The van der Waals surface area contributed by atoms with E-state index in [2.05, 4.69) is 0 Å². The lowest BCUT2D eigenvalue weighted by molar-refractivity contribution is 0.601. The lowest BCUT2D eigenvalue weighted by Crippen LogP contribution is -1.99. The molecule has 0 saturated carbocycles. The third-order valence-corrected chi connectivity index (χ3v) is 1.86. The summed E-state index contributed by atoms with van der Waals surface area (Å²) in [6, 6.07) is 6.90. The predicted octanol–water partition coefficient (Wildman–Crippen LogP) is 2.11. The molecule has 0 amide bonds. The molecular weight excluding hydrogens is 153 g/mol. The van der Waals surface area contributed by atoms with Crippen LogP contribution < -0.4 is 5.73 Å². The van der Waals surface area contributed by atoms with Crippen LogP contribution in [0.25, 0.3) is 0 Å². The zero-order valence-electron chi connectivity index (χ0n) is 7.09. The lowest BCUT2D eigenvalue weighted by atomic mass is 10.1. The number of hydrogen-bond acceptors (Lipinski definition) is 1. The summed E-state index contributed by atoms with van der Waals surface area (Å²) in [5, 5.41) is 0. The molecule has 1 aromatic carbocycles. The predicted molar refractivity (Wildman–Crippen MR) is 48.4 cm³/mol. The molecule has 0 atom stereocenters. The third-order valence-electron chi connectivity index (χ3n) is 1.86. The minimum atomic E-state index is -0.102. The molecule has 1 aromatic rings. The molecule has 0 radical (unpaired) electrons. The summed E-state index contributed by atoms with van der Waals surface area (Å²) in [7, 11) is 0. The summed E-state index contributed by atoms with van der Waals surface area (Å²) in [5.41, 5.74) is 6.13. The zero-order valence-corrected chi connectivity index (χ0v) is 7.09. The van der Waals surface area contributed by atoms with Crippen molar-refractivity contribution in [3.05, 3.63) is 35.6 Å². The monoisotopic (exact) mass is 167 g/mol. The Balaban J connectivity index is 2.46. The van der Waals surface area contributed by atoms with E-state index in [4.69, 9.17) is 5.73 Å². The van der Waals surface area contributed by atoms with Gasteiger partial charge in [-0.25, -0.2) is 4.39 Å². The van der Waals surface area contributed by atoms with Gasteiger partial charge in [0.2, 0.25) is 0 Å². The van der Waals surface area contributed by atoms with Crippen LogP contribution in [0.3, 0.4) is 0 Å². The molecule has 0 unspecified atom stereocenters. The maximum Gasteiger partial charge on any atom is 0.126 e. The fraction of sp³-hybridized carbons (Fsp3) is 0.400. The summed E-state index contributed by atoms with van der Waals surface area (Å²) in [6.45, 7) is 0.689. The van der Waals surface area contributed by atoms with Gasteiger partial charge in [-0.2, -0.15) is 0 Å². The van der Waals surface area contributed by atoms with E-state index in [1.165, 1.54) is 6.07 Å². The van der Waals surface area contributed by atoms with Gasteiger partial charge in [-0.3, -0.25) is 0 Å². The maximum atomic E-state index is 13.0. The van der Waals surface area contributed by atoms with E-state index in [1.807, 2.05) is 12.1 Å². The van der Waals surface area contributed by atoms with Gasteiger partial charge in [0.15, 0.2) is 0 Å². The average molecular weight is 167 g/mol. The van der Waals surface area contributed by atoms with Crippen molar-refractivity contribution in [1.29, 1.82) is 0 Å².